The lowest BCUT2D eigenvalue weighted by molar-refractivity contribution is 0.487. The Balaban J connectivity index is 1.92. The minimum Gasteiger partial charge on any atom is -0.382 e. The van der Waals surface area contributed by atoms with Crippen molar-refractivity contribution in [2.24, 2.45) is 0 Å². The molecule has 0 spiro atoms. The Morgan fingerprint density at radius 3 is 2.47 bits per heavy atom. The summed E-state index contributed by atoms with van der Waals surface area (Å²) in [6.07, 6.45) is 2.52. The molecule has 0 amide bonds. The van der Waals surface area contributed by atoms with E-state index in [9.17, 15) is 8.42 Å². The van der Waals surface area contributed by atoms with Gasteiger partial charge in [0.05, 0.1) is 5.75 Å². The van der Waals surface area contributed by atoms with E-state index in [-0.39, 0.29) is 5.75 Å². The Bertz CT molecular complexity index is 463. The van der Waals surface area contributed by atoms with Crippen molar-refractivity contribution in [2.45, 2.75) is 32.4 Å². The fourth-order valence-electron chi connectivity index (χ4n) is 1.42. The number of benzene rings is 1. The van der Waals surface area contributed by atoms with Gasteiger partial charge in [-0.15, -0.1) is 0 Å². The van der Waals surface area contributed by atoms with Crippen LogP contribution in [0.5, 0.6) is 5.75 Å². The van der Waals surface area contributed by atoms with Gasteiger partial charge in [0, 0.05) is 12.6 Å². The summed E-state index contributed by atoms with van der Waals surface area (Å²) in [5.41, 5.74) is 1.14. The molecule has 5 heteroatoms. The zero-order valence-corrected chi connectivity index (χ0v) is 10.7. The van der Waals surface area contributed by atoms with Crippen LogP contribution in [-0.2, 0) is 16.7 Å². The SMILES string of the molecule is CCS(=O)(=O)Oc1ccc(CNC2CC2)cc1. The number of nitrogens with one attached hydrogen (secondary N) is 1. The molecule has 0 saturated heterocycles. The van der Waals surface area contributed by atoms with Crippen LogP contribution in [0.3, 0.4) is 0 Å². The molecular formula is C12H17NO3S. The second-order valence-electron chi connectivity index (χ2n) is 4.23. The fourth-order valence-corrected chi connectivity index (χ4v) is 1.94. The van der Waals surface area contributed by atoms with Gasteiger partial charge >= 0.3 is 10.1 Å². The summed E-state index contributed by atoms with van der Waals surface area (Å²) >= 11 is 0. The standard InChI is InChI=1S/C12H17NO3S/c1-2-17(14,15)16-12-7-3-10(4-8-12)9-13-11-5-6-11/h3-4,7-8,11,13H,2,5-6,9H2,1H3. The van der Waals surface area contributed by atoms with Gasteiger partial charge < -0.3 is 9.50 Å². The van der Waals surface area contributed by atoms with Crippen molar-refractivity contribution in [3.63, 3.8) is 0 Å². The minimum atomic E-state index is -3.42. The lowest BCUT2D eigenvalue weighted by Crippen LogP contribution is -2.15. The monoisotopic (exact) mass is 255 g/mol. The maximum absolute atomic E-state index is 11.2. The summed E-state index contributed by atoms with van der Waals surface area (Å²) in [6.45, 7) is 2.38. The highest BCUT2D eigenvalue weighted by molar-refractivity contribution is 7.87. The van der Waals surface area contributed by atoms with Crippen LogP contribution in [0.2, 0.25) is 0 Å². The van der Waals surface area contributed by atoms with Crippen molar-refractivity contribution >= 4 is 10.1 Å². The Labute approximate surface area is 102 Å². The maximum Gasteiger partial charge on any atom is 0.308 e. The molecule has 0 aromatic heterocycles. The second-order valence-corrected chi connectivity index (χ2v) is 6.09. The molecule has 1 aromatic carbocycles. The van der Waals surface area contributed by atoms with E-state index in [1.165, 1.54) is 12.8 Å². The molecule has 17 heavy (non-hydrogen) atoms. The quantitative estimate of drug-likeness (QED) is 0.786. The van der Waals surface area contributed by atoms with Gasteiger partial charge in [0.2, 0.25) is 0 Å². The van der Waals surface area contributed by atoms with Crippen LogP contribution >= 0.6 is 0 Å². The third kappa shape index (κ3) is 4.02. The first kappa shape index (κ1) is 12.4. The van der Waals surface area contributed by atoms with Crippen molar-refractivity contribution in [3.8, 4) is 5.75 Å². The van der Waals surface area contributed by atoms with Crippen molar-refractivity contribution in [2.75, 3.05) is 5.75 Å². The third-order valence-electron chi connectivity index (χ3n) is 2.67. The molecule has 0 atom stereocenters. The third-order valence-corrected chi connectivity index (χ3v) is 3.83. The van der Waals surface area contributed by atoms with Gasteiger partial charge in [-0.3, -0.25) is 0 Å². The molecular weight excluding hydrogens is 238 g/mol. The molecule has 2 rings (SSSR count). The molecule has 1 saturated carbocycles. The van der Waals surface area contributed by atoms with Gasteiger partial charge in [0.25, 0.3) is 0 Å². The Morgan fingerprint density at radius 1 is 1.29 bits per heavy atom. The molecule has 1 aliphatic carbocycles. The lowest BCUT2D eigenvalue weighted by atomic mass is 10.2. The van der Waals surface area contributed by atoms with E-state index in [2.05, 4.69) is 5.32 Å². The number of rotatable bonds is 6. The van der Waals surface area contributed by atoms with Crippen LogP contribution in [0.4, 0.5) is 0 Å². The highest BCUT2D eigenvalue weighted by Gasteiger charge is 2.19. The van der Waals surface area contributed by atoms with Crippen LogP contribution in [0.1, 0.15) is 25.3 Å². The number of hydrogen-bond donors (Lipinski definition) is 1. The lowest BCUT2D eigenvalue weighted by Gasteiger charge is -2.06. The normalized spacial score (nSPS) is 15.8. The fraction of sp³-hybridized carbons (Fsp3) is 0.500. The van der Waals surface area contributed by atoms with Gasteiger partial charge in [-0.05, 0) is 37.5 Å². The van der Waals surface area contributed by atoms with Gasteiger partial charge in [0.1, 0.15) is 5.75 Å². The van der Waals surface area contributed by atoms with Gasteiger partial charge in [-0.2, -0.15) is 8.42 Å². The molecule has 1 fully saturated rings. The van der Waals surface area contributed by atoms with Gasteiger partial charge in [-0.25, -0.2) is 0 Å². The summed E-state index contributed by atoms with van der Waals surface area (Å²) in [7, 11) is -3.42. The average molecular weight is 255 g/mol. The summed E-state index contributed by atoms with van der Waals surface area (Å²) in [5, 5.41) is 3.39. The maximum atomic E-state index is 11.2. The predicted molar refractivity (Wildman–Crippen MR) is 66.4 cm³/mol. The van der Waals surface area contributed by atoms with E-state index in [4.69, 9.17) is 4.18 Å². The highest BCUT2D eigenvalue weighted by atomic mass is 32.2. The second kappa shape index (κ2) is 5.06. The van der Waals surface area contributed by atoms with E-state index in [0.29, 0.717) is 11.8 Å². The van der Waals surface area contributed by atoms with Crippen LogP contribution in [0, 0.1) is 0 Å². The minimum absolute atomic E-state index is 0.0159. The largest absolute Gasteiger partial charge is 0.382 e. The predicted octanol–water partition coefficient (Wildman–Crippen LogP) is 1.67. The van der Waals surface area contributed by atoms with Gasteiger partial charge in [0.15, 0.2) is 0 Å². The molecule has 0 aliphatic heterocycles. The summed E-state index contributed by atoms with van der Waals surface area (Å²) < 4.78 is 27.4. The molecule has 0 radical (unpaired) electrons. The zero-order chi connectivity index (χ0) is 12.3. The van der Waals surface area contributed by atoms with Crippen molar-refractivity contribution < 1.29 is 12.6 Å². The molecule has 1 N–H and O–H groups in total. The van der Waals surface area contributed by atoms with Crippen molar-refractivity contribution in [3.05, 3.63) is 29.8 Å². The van der Waals surface area contributed by atoms with E-state index >= 15 is 0 Å². The van der Waals surface area contributed by atoms with Crippen molar-refractivity contribution in [1.82, 2.24) is 5.32 Å². The van der Waals surface area contributed by atoms with E-state index < -0.39 is 10.1 Å². The molecule has 4 nitrogen and oxygen atoms in total. The van der Waals surface area contributed by atoms with Crippen LogP contribution in [-0.4, -0.2) is 20.2 Å². The molecule has 0 heterocycles. The molecule has 94 valence electrons. The molecule has 1 aromatic rings. The highest BCUT2D eigenvalue weighted by Crippen LogP contribution is 2.20. The van der Waals surface area contributed by atoms with E-state index in [1.54, 1.807) is 19.1 Å². The van der Waals surface area contributed by atoms with Crippen LogP contribution in [0.25, 0.3) is 0 Å². The van der Waals surface area contributed by atoms with E-state index in [1.807, 2.05) is 12.1 Å². The van der Waals surface area contributed by atoms with Crippen molar-refractivity contribution in [1.29, 1.82) is 0 Å². The summed E-state index contributed by atoms with van der Waals surface area (Å²) in [5.74, 6) is 0.361. The Morgan fingerprint density at radius 2 is 1.94 bits per heavy atom. The topological polar surface area (TPSA) is 55.4 Å². The molecule has 0 unspecified atom stereocenters. The van der Waals surface area contributed by atoms with E-state index in [0.717, 1.165) is 12.1 Å². The summed E-state index contributed by atoms with van der Waals surface area (Å²) in [4.78, 5) is 0. The molecule has 0 bridgehead atoms. The average Bonchev–Trinajstić information content (AvgIpc) is 3.12. The first-order valence-electron chi connectivity index (χ1n) is 5.83. The first-order valence-corrected chi connectivity index (χ1v) is 7.41. The zero-order valence-electron chi connectivity index (χ0n) is 9.85. The Kier molecular flexibility index (Phi) is 3.69. The molecule has 1 aliphatic rings. The number of hydrogen-bond acceptors (Lipinski definition) is 4. The first-order chi connectivity index (χ1) is 8.09. The summed E-state index contributed by atoms with van der Waals surface area (Å²) in [6, 6.07) is 7.83. The Hall–Kier alpha value is -1.07. The van der Waals surface area contributed by atoms with Crippen LogP contribution in [0.15, 0.2) is 24.3 Å². The van der Waals surface area contributed by atoms with Crippen LogP contribution < -0.4 is 9.50 Å². The smallest absolute Gasteiger partial charge is 0.308 e. The van der Waals surface area contributed by atoms with Gasteiger partial charge in [-0.1, -0.05) is 12.1 Å².